The van der Waals surface area contributed by atoms with Gasteiger partial charge in [-0.05, 0) is 70.6 Å². The number of aliphatic hydroxyl groups excluding tert-OH is 2. The van der Waals surface area contributed by atoms with Crippen LogP contribution in [0.2, 0.25) is 0 Å². The van der Waals surface area contributed by atoms with Crippen molar-refractivity contribution in [3.05, 3.63) is 60.8 Å². The molecule has 0 heterocycles. The van der Waals surface area contributed by atoms with Gasteiger partial charge in [-0.1, -0.05) is 139 Å². The van der Waals surface area contributed by atoms with Crippen molar-refractivity contribution in [1.29, 1.82) is 0 Å². The number of aliphatic hydroxyl groups is 2. The normalized spacial score (nSPS) is 13.9. The van der Waals surface area contributed by atoms with Crippen molar-refractivity contribution in [2.45, 2.75) is 167 Å². The molecule has 4 nitrogen and oxygen atoms in total. The lowest BCUT2D eigenvalue weighted by Gasteiger charge is -2.19. The molecular weight excluding hydrogens is 518 g/mol. The van der Waals surface area contributed by atoms with Crippen molar-refractivity contribution < 1.29 is 15.0 Å². The molecule has 0 aromatic rings. The lowest BCUT2D eigenvalue weighted by molar-refractivity contribution is -0.123. The molecule has 0 aromatic heterocycles. The van der Waals surface area contributed by atoms with E-state index in [2.05, 4.69) is 67.8 Å². The summed E-state index contributed by atoms with van der Waals surface area (Å²) in [5.41, 5.74) is 0. The largest absolute Gasteiger partial charge is 0.394 e. The number of nitrogens with one attached hydrogen (secondary N) is 1. The second-order valence-electron chi connectivity index (χ2n) is 11.6. The molecule has 0 rings (SSSR count). The van der Waals surface area contributed by atoms with E-state index in [0.717, 1.165) is 51.4 Å². The van der Waals surface area contributed by atoms with Gasteiger partial charge in [0.25, 0.3) is 0 Å². The number of rotatable bonds is 30. The third kappa shape index (κ3) is 29.6. The lowest BCUT2D eigenvalue weighted by atomic mass is 10.1. The fourth-order valence-electron chi connectivity index (χ4n) is 4.69. The van der Waals surface area contributed by atoms with Crippen molar-refractivity contribution >= 4 is 5.91 Å². The fourth-order valence-corrected chi connectivity index (χ4v) is 4.69. The maximum absolute atomic E-state index is 12.3. The first-order chi connectivity index (χ1) is 20.7. The SMILES string of the molecule is CCCC/C=C/CC/C=C/CC/C=C/C(O)C(CO)NC(=O)CCCCCCCCC/C=C\C/C=C\CCCCCC. The number of carbonyl (C=O) groups excluding carboxylic acids is 1. The first-order valence-corrected chi connectivity index (χ1v) is 17.5. The van der Waals surface area contributed by atoms with E-state index < -0.39 is 12.1 Å². The molecular formula is C38H67NO3. The van der Waals surface area contributed by atoms with Crippen LogP contribution in [-0.2, 0) is 4.79 Å². The van der Waals surface area contributed by atoms with Crippen LogP contribution in [0.25, 0.3) is 0 Å². The van der Waals surface area contributed by atoms with Crippen LogP contribution in [0.3, 0.4) is 0 Å². The van der Waals surface area contributed by atoms with Gasteiger partial charge in [0.05, 0.1) is 18.8 Å². The Morgan fingerprint density at radius 2 is 1.02 bits per heavy atom. The Hall–Kier alpha value is -1.91. The molecule has 0 saturated carbocycles. The number of unbranched alkanes of at least 4 members (excludes halogenated alkanes) is 15. The molecule has 0 radical (unpaired) electrons. The third-order valence-electron chi connectivity index (χ3n) is 7.45. The first-order valence-electron chi connectivity index (χ1n) is 17.5. The highest BCUT2D eigenvalue weighted by Crippen LogP contribution is 2.11. The van der Waals surface area contributed by atoms with Crippen LogP contribution in [-0.4, -0.2) is 34.9 Å². The van der Waals surface area contributed by atoms with Gasteiger partial charge in [-0.2, -0.15) is 0 Å². The van der Waals surface area contributed by atoms with E-state index in [1.165, 1.54) is 83.5 Å². The van der Waals surface area contributed by atoms with Crippen molar-refractivity contribution in [3.63, 3.8) is 0 Å². The maximum atomic E-state index is 12.3. The van der Waals surface area contributed by atoms with E-state index in [-0.39, 0.29) is 12.5 Å². The monoisotopic (exact) mass is 586 g/mol. The quantitative estimate of drug-likeness (QED) is 0.0580. The van der Waals surface area contributed by atoms with Gasteiger partial charge in [0.2, 0.25) is 5.91 Å². The molecule has 0 aliphatic carbocycles. The van der Waals surface area contributed by atoms with Crippen LogP contribution in [0.15, 0.2) is 60.8 Å². The van der Waals surface area contributed by atoms with Gasteiger partial charge < -0.3 is 15.5 Å². The highest BCUT2D eigenvalue weighted by molar-refractivity contribution is 5.76. The summed E-state index contributed by atoms with van der Waals surface area (Å²) in [6.07, 6.45) is 45.8. The molecule has 4 heteroatoms. The predicted octanol–water partition coefficient (Wildman–Crippen LogP) is 10.2. The summed E-state index contributed by atoms with van der Waals surface area (Å²) in [5.74, 6) is -0.0914. The topological polar surface area (TPSA) is 69.6 Å². The predicted molar refractivity (Wildman–Crippen MR) is 184 cm³/mol. The number of hydrogen-bond donors (Lipinski definition) is 3. The number of allylic oxidation sites excluding steroid dienone is 9. The smallest absolute Gasteiger partial charge is 0.220 e. The van der Waals surface area contributed by atoms with Gasteiger partial charge in [-0.15, -0.1) is 0 Å². The molecule has 0 saturated heterocycles. The molecule has 42 heavy (non-hydrogen) atoms. The van der Waals surface area contributed by atoms with Gasteiger partial charge >= 0.3 is 0 Å². The standard InChI is InChI=1S/C38H67NO3/c1-3-5-7-9-11-13-15-17-18-19-20-21-22-24-26-28-30-32-34-38(42)39-36(35-40)37(41)33-31-29-27-25-23-16-14-12-10-8-6-4-2/h10,12-13,15,18-19,23,25,31,33,36-37,40-41H,3-9,11,14,16-17,20-22,24,26-30,32,34-35H2,1-2H3,(H,39,42)/b12-10+,15-13-,19-18-,25-23+,33-31+. The number of amides is 1. The van der Waals surface area contributed by atoms with Gasteiger partial charge in [0.15, 0.2) is 0 Å². The van der Waals surface area contributed by atoms with Crippen molar-refractivity contribution in [1.82, 2.24) is 5.32 Å². The fraction of sp³-hybridized carbons (Fsp3) is 0.711. The minimum atomic E-state index is -0.872. The Labute approximate surface area is 260 Å². The highest BCUT2D eigenvalue weighted by Gasteiger charge is 2.17. The summed E-state index contributed by atoms with van der Waals surface area (Å²) in [6, 6.07) is -0.649. The Kier molecular flexibility index (Phi) is 32.1. The zero-order chi connectivity index (χ0) is 30.8. The lowest BCUT2D eigenvalue weighted by Crippen LogP contribution is -2.45. The second kappa shape index (κ2) is 33.6. The molecule has 242 valence electrons. The average molecular weight is 586 g/mol. The summed E-state index contributed by atoms with van der Waals surface area (Å²) >= 11 is 0. The summed E-state index contributed by atoms with van der Waals surface area (Å²) in [5, 5.41) is 22.8. The number of hydrogen-bond acceptors (Lipinski definition) is 3. The summed E-state index contributed by atoms with van der Waals surface area (Å²) in [6.45, 7) is 4.20. The van der Waals surface area contributed by atoms with Crippen LogP contribution in [0, 0.1) is 0 Å². The van der Waals surface area contributed by atoms with Gasteiger partial charge in [0, 0.05) is 6.42 Å². The summed E-state index contributed by atoms with van der Waals surface area (Å²) in [4.78, 5) is 12.3. The van der Waals surface area contributed by atoms with Crippen molar-refractivity contribution in [3.8, 4) is 0 Å². The van der Waals surface area contributed by atoms with Gasteiger partial charge in [-0.25, -0.2) is 0 Å². The molecule has 3 N–H and O–H groups in total. The van der Waals surface area contributed by atoms with Crippen LogP contribution in [0.5, 0.6) is 0 Å². The van der Waals surface area contributed by atoms with E-state index >= 15 is 0 Å². The molecule has 0 spiro atoms. The van der Waals surface area contributed by atoms with Gasteiger partial charge in [0.1, 0.15) is 0 Å². The summed E-state index contributed by atoms with van der Waals surface area (Å²) < 4.78 is 0. The van der Waals surface area contributed by atoms with E-state index in [1.54, 1.807) is 6.08 Å². The zero-order valence-electron chi connectivity index (χ0n) is 27.5. The van der Waals surface area contributed by atoms with E-state index in [9.17, 15) is 15.0 Å². The van der Waals surface area contributed by atoms with E-state index in [1.807, 2.05) is 6.08 Å². The van der Waals surface area contributed by atoms with Crippen LogP contribution >= 0.6 is 0 Å². The Morgan fingerprint density at radius 3 is 1.60 bits per heavy atom. The average Bonchev–Trinajstić information content (AvgIpc) is 2.99. The highest BCUT2D eigenvalue weighted by atomic mass is 16.3. The second-order valence-corrected chi connectivity index (χ2v) is 11.6. The van der Waals surface area contributed by atoms with Crippen molar-refractivity contribution in [2.24, 2.45) is 0 Å². The Morgan fingerprint density at radius 1 is 0.571 bits per heavy atom. The molecule has 0 bridgehead atoms. The molecule has 0 aliphatic heterocycles. The first kappa shape index (κ1) is 40.1. The zero-order valence-corrected chi connectivity index (χ0v) is 27.5. The van der Waals surface area contributed by atoms with Crippen LogP contribution in [0.1, 0.15) is 155 Å². The maximum Gasteiger partial charge on any atom is 0.220 e. The van der Waals surface area contributed by atoms with Gasteiger partial charge in [-0.3, -0.25) is 4.79 Å². The Bertz CT molecular complexity index is 722. The van der Waals surface area contributed by atoms with Crippen LogP contribution in [0.4, 0.5) is 0 Å². The molecule has 0 aliphatic rings. The molecule has 2 unspecified atom stereocenters. The number of carbonyl (C=O) groups is 1. The third-order valence-corrected chi connectivity index (χ3v) is 7.45. The van der Waals surface area contributed by atoms with Crippen molar-refractivity contribution in [2.75, 3.05) is 6.61 Å². The molecule has 1 amide bonds. The minimum Gasteiger partial charge on any atom is -0.394 e. The van der Waals surface area contributed by atoms with Crippen LogP contribution < -0.4 is 5.32 Å². The minimum absolute atomic E-state index is 0.0914. The molecule has 0 fully saturated rings. The Balaban J connectivity index is 3.72. The molecule has 2 atom stereocenters. The van der Waals surface area contributed by atoms with E-state index in [4.69, 9.17) is 0 Å². The summed E-state index contributed by atoms with van der Waals surface area (Å²) in [7, 11) is 0. The van der Waals surface area contributed by atoms with E-state index in [0.29, 0.717) is 6.42 Å². The molecule has 0 aromatic carbocycles.